The van der Waals surface area contributed by atoms with Crippen LogP contribution in [0.15, 0.2) is 47.3 Å². The van der Waals surface area contributed by atoms with Gasteiger partial charge in [0, 0.05) is 18.8 Å². The van der Waals surface area contributed by atoms with Gasteiger partial charge in [0.2, 0.25) is 0 Å². The van der Waals surface area contributed by atoms with Gasteiger partial charge in [-0.15, -0.1) is 0 Å². The van der Waals surface area contributed by atoms with Crippen molar-refractivity contribution in [1.82, 2.24) is 14.9 Å². The summed E-state index contributed by atoms with van der Waals surface area (Å²) in [6.45, 7) is 5.98. The molecular weight excluding hydrogens is 396 g/mol. The van der Waals surface area contributed by atoms with Crippen LogP contribution in [0.25, 0.3) is 10.9 Å². The molecule has 1 saturated heterocycles. The van der Waals surface area contributed by atoms with Gasteiger partial charge >= 0.3 is 0 Å². The Labute approximate surface area is 181 Å². The number of para-hydroxylation sites is 1. The average Bonchev–Trinajstić information content (AvgIpc) is 3.24. The van der Waals surface area contributed by atoms with Crippen LogP contribution in [0.5, 0.6) is 0 Å². The molecule has 3 aromatic rings. The fourth-order valence-electron chi connectivity index (χ4n) is 3.72. The van der Waals surface area contributed by atoms with E-state index in [-0.39, 0.29) is 11.7 Å². The number of hydrogen-bond donors (Lipinski definition) is 2. The number of aryl methyl sites for hydroxylation is 1. The van der Waals surface area contributed by atoms with Gasteiger partial charge in [0.1, 0.15) is 5.82 Å². The Morgan fingerprint density at radius 2 is 2.10 bits per heavy atom. The molecule has 0 spiro atoms. The summed E-state index contributed by atoms with van der Waals surface area (Å²) in [6.07, 6.45) is 2.18. The lowest BCUT2D eigenvalue weighted by Gasteiger charge is -2.28. The van der Waals surface area contributed by atoms with Crippen molar-refractivity contribution in [2.24, 2.45) is 0 Å². The standard InChI is InChI=1S/C23H26N4O2S/c1-15-7-5-11-19(16(15)2)25-23(30)27(13-17-8-6-12-29-17)14-21-24-20-10-4-3-9-18(20)22(28)26-21/h3-5,7,9-11,17H,6,8,12-14H2,1-2H3,(H,25,30)(H,24,26,28)/t17-/m0/s1. The molecule has 2 heterocycles. The summed E-state index contributed by atoms with van der Waals surface area (Å²) in [7, 11) is 0. The van der Waals surface area contributed by atoms with E-state index in [1.54, 1.807) is 6.07 Å². The molecule has 6 nitrogen and oxygen atoms in total. The number of aromatic nitrogens is 2. The molecule has 1 aliphatic rings. The Bertz CT molecular complexity index is 1120. The maximum Gasteiger partial charge on any atom is 0.258 e. The zero-order valence-corrected chi connectivity index (χ0v) is 18.1. The number of nitrogens with one attached hydrogen (secondary N) is 2. The highest BCUT2D eigenvalue weighted by Gasteiger charge is 2.22. The van der Waals surface area contributed by atoms with E-state index in [0.717, 1.165) is 30.7 Å². The van der Waals surface area contributed by atoms with Crippen LogP contribution in [0.2, 0.25) is 0 Å². The number of benzene rings is 2. The first-order chi connectivity index (χ1) is 14.5. The smallest absolute Gasteiger partial charge is 0.258 e. The number of aromatic amines is 1. The van der Waals surface area contributed by atoms with Gasteiger partial charge in [-0.2, -0.15) is 0 Å². The van der Waals surface area contributed by atoms with E-state index < -0.39 is 0 Å². The van der Waals surface area contributed by atoms with Crippen LogP contribution in [-0.2, 0) is 11.3 Å². The van der Waals surface area contributed by atoms with Crippen molar-refractivity contribution in [3.8, 4) is 0 Å². The zero-order chi connectivity index (χ0) is 21.1. The van der Waals surface area contributed by atoms with Crippen LogP contribution in [-0.4, -0.2) is 39.2 Å². The van der Waals surface area contributed by atoms with Crippen molar-refractivity contribution in [3.63, 3.8) is 0 Å². The third-order valence-corrected chi connectivity index (χ3v) is 5.94. The quantitative estimate of drug-likeness (QED) is 0.608. The van der Waals surface area contributed by atoms with Gasteiger partial charge in [0.25, 0.3) is 5.56 Å². The monoisotopic (exact) mass is 422 g/mol. The van der Waals surface area contributed by atoms with Gasteiger partial charge in [-0.25, -0.2) is 4.98 Å². The van der Waals surface area contributed by atoms with E-state index in [1.807, 2.05) is 35.2 Å². The second-order valence-electron chi connectivity index (χ2n) is 7.72. The van der Waals surface area contributed by atoms with Gasteiger partial charge < -0.3 is 19.9 Å². The van der Waals surface area contributed by atoms with Gasteiger partial charge in [-0.05, 0) is 68.2 Å². The summed E-state index contributed by atoms with van der Waals surface area (Å²) in [5, 5.41) is 4.56. The summed E-state index contributed by atoms with van der Waals surface area (Å²) in [5.74, 6) is 0.585. The number of H-pyrrole nitrogens is 1. The van der Waals surface area contributed by atoms with Gasteiger partial charge in [-0.1, -0.05) is 24.3 Å². The molecule has 156 valence electrons. The van der Waals surface area contributed by atoms with Gasteiger partial charge in [0.15, 0.2) is 5.11 Å². The summed E-state index contributed by atoms with van der Waals surface area (Å²) in [4.78, 5) is 22.1. The van der Waals surface area contributed by atoms with Crippen molar-refractivity contribution in [2.45, 2.75) is 39.3 Å². The van der Waals surface area contributed by atoms with Gasteiger partial charge in [0.05, 0.1) is 23.6 Å². The first-order valence-electron chi connectivity index (χ1n) is 10.2. The molecule has 1 fully saturated rings. The average molecular weight is 423 g/mol. The minimum absolute atomic E-state index is 0.121. The molecule has 0 radical (unpaired) electrons. The van der Waals surface area contributed by atoms with Crippen LogP contribution in [0.1, 0.15) is 29.8 Å². The lowest BCUT2D eigenvalue weighted by molar-refractivity contribution is 0.0900. The Kier molecular flexibility index (Phi) is 6.11. The molecule has 0 bridgehead atoms. The van der Waals surface area contributed by atoms with E-state index in [1.165, 1.54) is 5.56 Å². The van der Waals surface area contributed by atoms with Crippen LogP contribution >= 0.6 is 12.2 Å². The summed E-state index contributed by atoms with van der Waals surface area (Å²) < 4.78 is 5.84. The molecule has 30 heavy (non-hydrogen) atoms. The molecule has 0 saturated carbocycles. The molecule has 1 aromatic heterocycles. The largest absolute Gasteiger partial charge is 0.376 e. The third kappa shape index (κ3) is 4.52. The molecule has 0 aliphatic carbocycles. The summed E-state index contributed by atoms with van der Waals surface area (Å²) in [5.41, 5.74) is 3.89. The van der Waals surface area contributed by atoms with Crippen molar-refractivity contribution in [1.29, 1.82) is 0 Å². The fourth-order valence-corrected chi connectivity index (χ4v) is 3.97. The van der Waals surface area contributed by atoms with E-state index in [0.29, 0.717) is 34.9 Å². The molecule has 4 rings (SSSR count). The number of ether oxygens (including phenoxy) is 1. The first-order valence-corrected chi connectivity index (χ1v) is 10.6. The third-order valence-electron chi connectivity index (χ3n) is 5.58. The lowest BCUT2D eigenvalue weighted by atomic mass is 10.1. The molecule has 0 unspecified atom stereocenters. The summed E-state index contributed by atoms with van der Waals surface area (Å²) >= 11 is 5.76. The molecule has 1 atom stereocenters. The number of thiocarbonyl (C=S) groups is 1. The highest BCUT2D eigenvalue weighted by atomic mass is 32.1. The number of fused-ring (bicyclic) bond motifs is 1. The molecule has 7 heteroatoms. The number of anilines is 1. The second-order valence-corrected chi connectivity index (χ2v) is 8.11. The van der Waals surface area contributed by atoms with Crippen LogP contribution in [0, 0.1) is 13.8 Å². The number of hydrogen-bond acceptors (Lipinski definition) is 4. The van der Waals surface area contributed by atoms with Crippen molar-refractivity contribution >= 4 is 33.9 Å². The number of rotatable bonds is 5. The minimum Gasteiger partial charge on any atom is -0.376 e. The van der Waals surface area contributed by atoms with Crippen molar-refractivity contribution in [2.75, 3.05) is 18.5 Å². The molecule has 0 amide bonds. The first kappa shape index (κ1) is 20.5. The van der Waals surface area contributed by atoms with Crippen LogP contribution in [0.3, 0.4) is 0 Å². The molecule has 2 aromatic carbocycles. The topological polar surface area (TPSA) is 70.2 Å². The fraction of sp³-hybridized carbons (Fsp3) is 0.348. The Morgan fingerprint density at radius 3 is 2.90 bits per heavy atom. The highest BCUT2D eigenvalue weighted by molar-refractivity contribution is 7.80. The maximum absolute atomic E-state index is 12.5. The highest BCUT2D eigenvalue weighted by Crippen LogP contribution is 2.20. The van der Waals surface area contributed by atoms with E-state index in [2.05, 4.69) is 35.2 Å². The maximum atomic E-state index is 12.5. The number of nitrogens with zero attached hydrogens (tertiary/aromatic N) is 2. The molecule has 2 N–H and O–H groups in total. The lowest BCUT2D eigenvalue weighted by Crippen LogP contribution is -2.40. The van der Waals surface area contributed by atoms with Crippen molar-refractivity contribution < 1.29 is 4.74 Å². The minimum atomic E-state index is -0.138. The Balaban J connectivity index is 1.60. The van der Waals surface area contributed by atoms with E-state index >= 15 is 0 Å². The predicted molar refractivity (Wildman–Crippen MR) is 124 cm³/mol. The van der Waals surface area contributed by atoms with E-state index in [4.69, 9.17) is 17.0 Å². The molecule has 1 aliphatic heterocycles. The van der Waals surface area contributed by atoms with E-state index in [9.17, 15) is 4.79 Å². The van der Waals surface area contributed by atoms with Gasteiger partial charge in [-0.3, -0.25) is 4.79 Å². The van der Waals surface area contributed by atoms with Crippen molar-refractivity contribution in [3.05, 3.63) is 69.8 Å². The second kappa shape index (κ2) is 8.93. The van der Waals surface area contributed by atoms with Crippen LogP contribution < -0.4 is 10.9 Å². The predicted octanol–water partition coefficient (Wildman–Crippen LogP) is 3.92. The Morgan fingerprint density at radius 1 is 1.27 bits per heavy atom. The normalized spacial score (nSPS) is 16.0. The SMILES string of the molecule is Cc1cccc(NC(=S)N(Cc2nc3ccccc3c(=O)[nH]2)C[C@@H]2CCCO2)c1C. The Hall–Kier alpha value is -2.77. The molecular formula is C23H26N4O2S. The zero-order valence-electron chi connectivity index (χ0n) is 17.3. The van der Waals surface area contributed by atoms with Crippen LogP contribution in [0.4, 0.5) is 5.69 Å². The summed E-state index contributed by atoms with van der Waals surface area (Å²) in [6, 6.07) is 13.5.